The summed E-state index contributed by atoms with van der Waals surface area (Å²) >= 11 is 0. The minimum atomic E-state index is -3.76. The lowest BCUT2D eigenvalue weighted by molar-refractivity contribution is -0.118. The SMILES string of the molecule is Cc1cc(S(=O)(=O)C2CCCC2)c(C(CC2CCOCC2)C(=O)Nc2cnccn2)c(=O)[nH]1. The van der Waals surface area contributed by atoms with Crippen molar-refractivity contribution in [2.45, 2.75) is 67.9 Å². The number of H-pyrrole nitrogens is 1. The first-order valence-corrected chi connectivity index (χ1v) is 13.0. The first-order valence-electron chi connectivity index (χ1n) is 11.5. The molecule has 0 spiro atoms. The third-order valence-electron chi connectivity index (χ3n) is 6.61. The van der Waals surface area contributed by atoms with Gasteiger partial charge in [0.2, 0.25) is 5.91 Å². The summed E-state index contributed by atoms with van der Waals surface area (Å²) in [6.45, 7) is 2.83. The largest absolute Gasteiger partial charge is 0.381 e. The number of hydrogen-bond donors (Lipinski definition) is 2. The number of nitrogens with one attached hydrogen (secondary N) is 2. The number of sulfone groups is 1. The van der Waals surface area contributed by atoms with Gasteiger partial charge < -0.3 is 15.0 Å². The molecule has 2 aromatic rings. The summed E-state index contributed by atoms with van der Waals surface area (Å²) in [6, 6.07) is 1.51. The number of carbonyl (C=O) groups excluding carboxylic acids is 1. The van der Waals surface area contributed by atoms with Crippen LogP contribution < -0.4 is 10.9 Å². The molecule has 1 saturated heterocycles. The Morgan fingerprint density at radius 2 is 1.94 bits per heavy atom. The van der Waals surface area contributed by atoms with Gasteiger partial charge in [-0.2, -0.15) is 0 Å². The number of aromatic amines is 1. The molecule has 1 aliphatic carbocycles. The van der Waals surface area contributed by atoms with Crippen molar-refractivity contribution in [3.8, 4) is 0 Å². The number of aromatic nitrogens is 3. The quantitative estimate of drug-likeness (QED) is 0.631. The molecule has 1 unspecified atom stereocenters. The molecule has 2 fully saturated rings. The topological polar surface area (TPSA) is 131 Å². The van der Waals surface area contributed by atoms with Crippen LogP contribution in [0, 0.1) is 12.8 Å². The Kier molecular flexibility index (Phi) is 7.23. The van der Waals surface area contributed by atoms with Crippen molar-refractivity contribution in [1.29, 1.82) is 0 Å². The van der Waals surface area contributed by atoms with E-state index in [4.69, 9.17) is 4.74 Å². The zero-order valence-electron chi connectivity index (χ0n) is 18.7. The zero-order valence-corrected chi connectivity index (χ0v) is 19.6. The lowest BCUT2D eigenvalue weighted by atomic mass is 9.84. The van der Waals surface area contributed by atoms with Crippen LogP contribution >= 0.6 is 0 Å². The van der Waals surface area contributed by atoms with Crippen LogP contribution in [0.25, 0.3) is 0 Å². The molecule has 0 bridgehead atoms. The molecule has 1 saturated carbocycles. The molecule has 2 N–H and O–H groups in total. The van der Waals surface area contributed by atoms with Gasteiger partial charge in [0.15, 0.2) is 15.7 Å². The molecule has 2 aromatic heterocycles. The molecule has 1 aliphatic heterocycles. The maximum atomic E-state index is 13.6. The van der Waals surface area contributed by atoms with E-state index in [1.54, 1.807) is 6.92 Å². The standard InChI is InChI=1S/C23H30N4O5S/c1-15-12-19(33(30,31)17-4-2-3-5-17)21(23(29)26-15)18(13-16-6-10-32-11-7-16)22(28)27-20-14-24-8-9-25-20/h8-9,12,14,16-18H,2-7,10-11,13H2,1H3,(H,26,29)(H,25,27,28). The molecular formula is C23H30N4O5S. The average Bonchev–Trinajstić information content (AvgIpc) is 3.35. The Bertz CT molecular complexity index is 1140. The fourth-order valence-electron chi connectivity index (χ4n) is 4.86. The van der Waals surface area contributed by atoms with Crippen LogP contribution in [0.5, 0.6) is 0 Å². The van der Waals surface area contributed by atoms with Crippen LogP contribution in [0.15, 0.2) is 34.3 Å². The summed E-state index contributed by atoms with van der Waals surface area (Å²) in [4.78, 5) is 37.4. The fraction of sp³-hybridized carbons (Fsp3) is 0.565. The number of hydrogen-bond acceptors (Lipinski definition) is 7. The summed E-state index contributed by atoms with van der Waals surface area (Å²) in [5.74, 6) is -1.01. The Morgan fingerprint density at radius 1 is 1.21 bits per heavy atom. The average molecular weight is 475 g/mol. The lowest BCUT2D eigenvalue weighted by Crippen LogP contribution is -2.33. The van der Waals surface area contributed by atoms with Crippen LogP contribution in [0.4, 0.5) is 5.82 Å². The van der Waals surface area contributed by atoms with Crippen molar-refractivity contribution in [3.05, 3.63) is 46.3 Å². The van der Waals surface area contributed by atoms with Crippen LogP contribution in [-0.4, -0.2) is 47.7 Å². The second-order valence-corrected chi connectivity index (χ2v) is 11.1. The third-order valence-corrected chi connectivity index (χ3v) is 8.91. The van der Waals surface area contributed by atoms with Gasteiger partial charge in [0, 0.05) is 36.9 Å². The van der Waals surface area contributed by atoms with E-state index in [9.17, 15) is 18.0 Å². The molecular weight excluding hydrogens is 444 g/mol. The van der Waals surface area contributed by atoms with Gasteiger partial charge in [-0.3, -0.25) is 14.6 Å². The van der Waals surface area contributed by atoms with Crippen LogP contribution in [0.2, 0.25) is 0 Å². The molecule has 9 nitrogen and oxygen atoms in total. The second-order valence-electron chi connectivity index (χ2n) is 8.93. The highest BCUT2D eigenvalue weighted by molar-refractivity contribution is 7.92. The molecule has 0 radical (unpaired) electrons. The maximum Gasteiger partial charge on any atom is 0.253 e. The monoisotopic (exact) mass is 474 g/mol. The normalized spacial score (nSPS) is 18.8. The highest BCUT2D eigenvalue weighted by Crippen LogP contribution is 2.36. The first kappa shape index (κ1) is 23.6. The van der Waals surface area contributed by atoms with Crippen LogP contribution in [0.1, 0.15) is 62.1 Å². The van der Waals surface area contributed by atoms with Gasteiger partial charge in [-0.1, -0.05) is 12.8 Å². The van der Waals surface area contributed by atoms with E-state index in [1.165, 1.54) is 24.7 Å². The van der Waals surface area contributed by atoms with E-state index in [2.05, 4.69) is 20.3 Å². The molecule has 1 atom stereocenters. The number of aryl methyl sites for hydroxylation is 1. The van der Waals surface area contributed by atoms with Crippen LogP contribution in [0.3, 0.4) is 0 Å². The van der Waals surface area contributed by atoms with Crippen molar-refractivity contribution < 1.29 is 17.9 Å². The minimum absolute atomic E-state index is 0.0120. The minimum Gasteiger partial charge on any atom is -0.381 e. The number of nitrogens with zero attached hydrogens (tertiary/aromatic N) is 2. The number of ether oxygens (including phenoxy) is 1. The van der Waals surface area contributed by atoms with E-state index in [0.717, 1.165) is 25.7 Å². The Labute approximate surface area is 193 Å². The molecule has 2 aliphatic rings. The predicted octanol–water partition coefficient (Wildman–Crippen LogP) is 2.73. The fourth-order valence-corrected chi connectivity index (χ4v) is 7.06. The Hall–Kier alpha value is -2.59. The molecule has 10 heteroatoms. The van der Waals surface area contributed by atoms with Crippen LogP contribution in [-0.2, 0) is 19.4 Å². The van der Waals surface area contributed by atoms with Crippen molar-refractivity contribution in [2.24, 2.45) is 5.92 Å². The van der Waals surface area contributed by atoms with Crippen molar-refractivity contribution in [2.75, 3.05) is 18.5 Å². The summed E-state index contributed by atoms with van der Waals surface area (Å²) in [5, 5.41) is 2.20. The van der Waals surface area contributed by atoms with E-state index in [0.29, 0.717) is 38.2 Å². The first-order chi connectivity index (χ1) is 15.9. The maximum absolute atomic E-state index is 13.6. The smallest absolute Gasteiger partial charge is 0.253 e. The van der Waals surface area contributed by atoms with Gasteiger partial charge in [-0.15, -0.1) is 0 Å². The van der Waals surface area contributed by atoms with Gasteiger partial charge in [0.05, 0.1) is 22.3 Å². The van der Waals surface area contributed by atoms with Gasteiger partial charge in [-0.25, -0.2) is 13.4 Å². The second kappa shape index (κ2) is 10.1. The van der Waals surface area contributed by atoms with E-state index in [-0.39, 0.29) is 22.2 Å². The van der Waals surface area contributed by atoms with Gasteiger partial charge in [-0.05, 0) is 51.0 Å². The van der Waals surface area contributed by atoms with E-state index in [1.807, 2.05) is 0 Å². The summed E-state index contributed by atoms with van der Waals surface area (Å²) in [5.41, 5.74) is -0.0437. The molecule has 0 aromatic carbocycles. The van der Waals surface area contributed by atoms with Crippen molar-refractivity contribution in [1.82, 2.24) is 15.0 Å². The number of carbonyl (C=O) groups is 1. The number of rotatable bonds is 7. The highest BCUT2D eigenvalue weighted by Gasteiger charge is 2.38. The van der Waals surface area contributed by atoms with E-state index < -0.39 is 32.5 Å². The molecule has 33 heavy (non-hydrogen) atoms. The number of amides is 1. The zero-order chi connectivity index (χ0) is 23.4. The van der Waals surface area contributed by atoms with Gasteiger partial charge >= 0.3 is 0 Å². The highest BCUT2D eigenvalue weighted by atomic mass is 32.2. The Morgan fingerprint density at radius 3 is 2.61 bits per heavy atom. The summed E-state index contributed by atoms with van der Waals surface area (Å²) < 4.78 is 32.7. The lowest BCUT2D eigenvalue weighted by Gasteiger charge is -2.27. The van der Waals surface area contributed by atoms with Crippen molar-refractivity contribution in [3.63, 3.8) is 0 Å². The molecule has 178 valence electrons. The summed E-state index contributed by atoms with van der Waals surface area (Å²) in [7, 11) is -3.76. The summed E-state index contributed by atoms with van der Waals surface area (Å²) in [6.07, 6.45) is 9.07. The van der Waals surface area contributed by atoms with Gasteiger partial charge in [0.25, 0.3) is 5.56 Å². The Balaban J connectivity index is 1.78. The molecule has 4 rings (SSSR count). The molecule has 1 amide bonds. The third kappa shape index (κ3) is 5.33. The number of anilines is 1. The van der Waals surface area contributed by atoms with Gasteiger partial charge in [0.1, 0.15) is 0 Å². The molecule has 3 heterocycles. The van der Waals surface area contributed by atoms with E-state index >= 15 is 0 Å². The predicted molar refractivity (Wildman–Crippen MR) is 123 cm³/mol. The van der Waals surface area contributed by atoms with Crippen molar-refractivity contribution >= 4 is 21.6 Å². The number of pyridine rings is 1.